The molecule has 1 heterocycles. The predicted octanol–water partition coefficient (Wildman–Crippen LogP) is 1.24. The summed E-state index contributed by atoms with van der Waals surface area (Å²) < 4.78 is 1.65. The average molecular weight is 201 g/mol. The molecule has 5 heteroatoms. The molecule has 1 N–H and O–H groups in total. The van der Waals surface area contributed by atoms with E-state index in [4.69, 9.17) is 0 Å². The molecule has 0 spiro atoms. The Balaban J connectivity index is 1.88. The highest BCUT2D eigenvalue weighted by Crippen LogP contribution is 2.25. The Bertz CT molecular complexity index is 447. The minimum Gasteiger partial charge on any atom is -0.382 e. The first kappa shape index (κ1) is 8.40. The van der Waals surface area contributed by atoms with Crippen molar-refractivity contribution in [3.05, 3.63) is 30.6 Å². The first-order chi connectivity index (χ1) is 7.42. The van der Waals surface area contributed by atoms with Crippen molar-refractivity contribution in [2.24, 2.45) is 0 Å². The van der Waals surface area contributed by atoms with Crippen molar-refractivity contribution >= 4 is 5.69 Å². The Morgan fingerprint density at radius 2 is 2.27 bits per heavy atom. The molecule has 0 unspecified atom stereocenters. The van der Waals surface area contributed by atoms with Gasteiger partial charge >= 0.3 is 0 Å². The average Bonchev–Trinajstić information content (AvgIpc) is 2.91. The maximum atomic E-state index is 3.85. The third-order valence-electron chi connectivity index (χ3n) is 2.41. The highest BCUT2D eigenvalue weighted by Gasteiger charge is 2.20. The third-order valence-corrected chi connectivity index (χ3v) is 2.41. The van der Waals surface area contributed by atoms with E-state index in [1.807, 2.05) is 12.1 Å². The number of rotatable bonds is 3. The molecule has 5 nitrogen and oxygen atoms in total. The summed E-state index contributed by atoms with van der Waals surface area (Å²) in [6.07, 6.45) is 4.14. The normalized spacial score (nSPS) is 15.2. The van der Waals surface area contributed by atoms with Crippen molar-refractivity contribution < 1.29 is 0 Å². The fourth-order valence-corrected chi connectivity index (χ4v) is 1.48. The molecule has 1 aromatic heterocycles. The molecule has 0 saturated heterocycles. The van der Waals surface area contributed by atoms with Gasteiger partial charge in [-0.1, -0.05) is 6.07 Å². The van der Waals surface area contributed by atoms with Crippen LogP contribution in [0.2, 0.25) is 0 Å². The van der Waals surface area contributed by atoms with E-state index >= 15 is 0 Å². The number of nitrogens with one attached hydrogen (secondary N) is 1. The molecular weight excluding hydrogens is 190 g/mol. The van der Waals surface area contributed by atoms with E-state index in [1.54, 1.807) is 11.0 Å². The summed E-state index contributed by atoms with van der Waals surface area (Å²) in [7, 11) is 0. The van der Waals surface area contributed by atoms with Crippen LogP contribution < -0.4 is 5.32 Å². The summed E-state index contributed by atoms with van der Waals surface area (Å²) in [6, 6.07) is 8.76. The van der Waals surface area contributed by atoms with Gasteiger partial charge in [-0.15, -0.1) is 5.10 Å². The zero-order valence-electron chi connectivity index (χ0n) is 8.17. The third kappa shape index (κ3) is 1.81. The maximum absolute atomic E-state index is 3.85. The van der Waals surface area contributed by atoms with Crippen molar-refractivity contribution in [2.45, 2.75) is 18.9 Å². The number of tetrazole rings is 1. The highest BCUT2D eigenvalue weighted by atomic mass is 15.5. The Morgan fingerprint density at radius 1 is 1.33 bits per heavy atom. The molecule has 1 aliphatic rings. The molecule has 1 aromatic carbocycles. The van der Waals surface area contributed by atoms with E-state index in [0.29, 0.717) is 6.04 Å². The van der Waals surface area contributed by atoms with Gasteiger partial charge in [0.25, 0.3) is 0 Å². The highest BCUT2D eigenvalue weighted by molar-refractivity contribution is 5.51. The van der Waals surface area contributed by atoms with E-state index in [0.717, 1.165) is 11.4 Å². The lowest BCUT2D eigenvalue weighted by molar-refractivity contribution is 0.789. The predicted molar refractivity (Wildman–Crippen MR) is 55.8 cm³/mol. The van der Waals surface area contributed by atoms with Gasteiger partial charge in [-0.2, -0.15) is 0 Å². The molecular formula is C10H11N5. The van der Waals surface area contributed by atoms with Crippen LogP contribution in [0.1, 0.15) is 12.8 Å². The lowest BCUT2D eigenvalue weighted by Crippen LogP contribution is -2.02. The molecule has 2 aromatic rings. The monoisotopic (exact) mass is 201 g/mol. The van der Waals surface area contributed by atoms with Crippen LogP contribution in [0, 0.1) is 0 Å². The second-order valence-electron chi connectivity index (χ2n) is 3.72. The van der Waals surface area contributed by atoms with E-state index in [9.17, 15) is 0 Å². The van der Waals surface area contributed by atoms with Gasteiger partial charge in [-0.3, -0.25) is 0 Å². The summed E-state index contributed by atoms with van der Waals surface area (Å²) in [5.41, 5.74) is 2.11. The minimum absolute atomic E-state index is 0.661. The molecule has 0 radical (unpaired) electrons. The van der Waals surface area contributed by atoms with Crippen LogP contribution in [-0.4, -0.2) is 26.2 Å². The Hall–Kier alpha value is -1.91. The second-order valence-corrected chi connectivity index (χ2v) is 3.72. The minimum atomic E-state index is 0.661. The Morgan fingerprint density at radius 3 is 3.00 bits per heavy atom. The quantitative estimate of drug-likeness (QED) is 0.811. The molecule has 1 fully saturated rings. The molecule has 0 aliphatic heterocycles. The lowest BCUT2D eigenvalue weighted by Gasteiger charge is -2.06. The molecule has 15 heavy (non-hydrogen) atoms. The second kappa shape index (κ2) is 3.34. The zero-order valence-corrected chi connectivity index (χ0v) is 8.17. The van der Waals surface area contributed by atoms with Crippen LogP contribution in [0.15, 0.2) is 30.6 Å². The number of hydrogen-bond acceptors (Lipinski definition) is 4. The molecule has 0 amide bonds. The van der Waals surface area contributed by atoms with Gasteiger partial charge in [0.15, 0.2) is 0 Å². The van der Waals surface area contributed by atoms with E-state index < -0.39 is 0 Å². The van der Waals surface area contributed by atoms with Crippen LogP contribution in [-0.2, 0) is 0 Å². The number of hydrogen-bond donors (Lipinski definition) is 1. The van der Waals surface area contributed by atoms with E-state index in [-0.39, 0.29) is 0 Å². The van der Waals surface area contributed by atoms with Crippen LogP contribution >= 0.6 is 0 Å². The lowest BCUT2D eigenvalue weighted by atomic mass is 10.3. The smallest absolute Gasteiger partial charge is 0.143 e. The summed E-state index contributed by atoms with van der Waals surface area (Å²) in [4.78, 5) is 0. The zero-order chi connectivity index (χ0) is 10.1. The topological polar surface area (TPSA) is 55.6 Å². The maximum Gasteiger partial charge on any atom is 0.143 e. The molecule has 1 aliphatic carbocycles. The molecule has 1 saturated carbocycles. The van der Waals surface area contributed by atoms with Crippen molar-refractivity contribution in [3.8, 4) is 5.69 Å². The number of benzene rings is 1. The number of aromatic nitrogens is 4. The van der Waals surface area contributed by atoms with Crippen molar-refractivity contribution in [3.63, 3.8) is 0 Å². The van der Waals surface area contributed by atoms with Gasteiger partial charge in [0.05, 0.1) is 5.69 Å². The van der Waals surface area contributed by atoms with Gasteiger partial charge in [0.1, 0.15) is 6.33 Å². The summed E-state index contributed by atoms with van der Waals surface area (Å²) >= 11 is 0. The standard InChI is InChI=1S/C10H11N5/c1-2-9(12-8-4-5-8)6-10(3-1)15-7-11-13-14-15/h1-3,6-8,12H,4-5H2. The Kier molecular flexibility index (Phi) is 1.87. The summed E-state index contributed by atoms with van der Waals surface area (Å²) in [5, 5.41) is 14.5. The first-order valence-electron chi connectivity index (χ1n) is 5.02. The van der Waals surface area contributed by atoms with E-state index in [2.05, 4.69) is 33.0 Å². The SMILES string of the molecule is c1cc(NC2CC2)cc(-n2cnnn2)c1. The van der Waals surface area contributed by atoms with Crippen molar-refractivity contribution in [1.82, 2.24) is 20.2 Å². The summed E-state index contributed by atoms with van der Waals surface area (Å²) in [5.74, 6) is 0. The van der Waals surface area contributed by atoms with Gasteiger partial charge < -0.3 is 5.32 Å². The summed E-state index contributed by atoms with van der Waals surface area (Å²) in [6.45, 7) is 0. The van der Waals surface area contributed by atoms with Crippen molar-refractivity contribution in [1.29, 1.82) is 0 Å². The number of nitrogens with zero attached hydrogens (tertiary/aromatic N) is 4. The first-order valence-corrected chi connectivity index (χ1v) is 5.02. The van der Waals surface area contributed by atoms with Gasteiger partial charge in [0, 0.05) is 11.7 Å². The molecule has 76 valence electrons. The fourth-order valence-electron chi connectivity index (χ4n) is 1.48. The van der Waals surface area contributed by atoms with Gasteiger partial charge in [-0.05, 0) is 41.5 Å². The molecule has 0 bridgehead atoms. The van der Waals surface area contributed by atoms with Crippen LogP contribution in [0.4, 0.5) is 5.69 Å². The van der Waals surface area contributed by atoms with Crippen LogP contribution in [0.25, 0.3) is 5.69 Å². The van der Waals surface area contributed by atoms with Crippen LogP contribution in [0.5, 0.6) is 0 Å². The van der Waals surface area contributed by atoms with Crippen molar-refractivity contribution in [2.75, 3.05) is 5.32 Å². The van der Waals surface area contributed by atoms with Crippen LogP contribution in [0.3, 0.4) is 0 Å². The van der Waals surface area contributed by atoms with Gasteiger partial charge in [-0.25, -0.2) is 4.68 Å². The fraction of sp³-hybridized carbons (Fsp3) is 0.300. The van der Waals surface area contributed by atoms with Gasteiger partial charge in [0.2, 0.25) is 0 Å². The molecule has 0 atom stereocenters. The largest absolute Gasteiger partial charge is 0.382 e. The Labute approximate surface area is 87.1 Å². The molecule has 3 rings (SSSR count). The van der Waals surface area contributed by atoms with E-state index in [1.165, 1.54) is 12.8 Å². The number of anilines is 1.